The van der Waals surface area contributed by atoms with Crippen molar-refractivity contribution >= 4 is 37.3 Å². The monoisotopic (exact) mass is 323 g/mol. The van der Waals surface area contributed by atoms with E-state index in [0.717, 1.165) is 22.2 Å². The summed E-state index contributed by atoms with van der Waals surface area (Å²) in [5.74, 6) is 0.719. The lowest BCUT2D eigenvalue weighted by Crippen LogP contribution is -2.29. The Bertz CT molecular complexity index is 465. The molecule has 1 saturated carbocycles. The van der Waals surface area contributed by atoms with Crippen LogP contribution in [0.5, 0.6) is 0 Å². The van der Waals surface area contributed by atoms with Gasteiger partial charge in [-0.1, -0.05) is 0 Å². The first-order valence-corrected chi connectivity index (χ1v) is 8.42. The maximum Gasteiger partial charge on any atom is 0.214 e. The molecule has 0 unspecified atom stereocenters. The number of rotatable bonds is 5. The fourth-order valence-electron chi connectivity index (χ4n) is 1.49. The molecule has 3 nitrogen and oxygen atoms in total. The largest absolute Gasteiger partial charge is 0.214 e. The van der Waals surface area contributed by atoms with E-state index < -0.39 is 10.0 Å². The van der Waals surface area contributed by atoms with E-state index in [1.165, 1.54) is 4.31 Å². The second-order valence-electron chi connectivity index (χ2n) is 4.24. The van der Waals surface area contributed by atoms with Gasteiger partial charge < -0.3 is 0 Å². The highest BCUT2D eigenvalue weighted by Crippen LogP contribution is 2.31. The Morgan fingerprint density at radius 3 is 2.75 bits per heavy atom. The van der Waals surface area contributed by atoms with Gasteiger partial charge >= 0.3 is 0 Å². The van der Waals surface area contributed by atoms with Crippen LogP contribution in [0.3, 0.4) is 0 Å². The van der Waals surface area contributed by atoms with Gasteiger partial charge in [-0.25, -0.2) is 12.7 Å². The van der Waals surface area contributed by atoms with Gasteiger partial charge in [0, 0.05) is 13.6 Å². The molecule has 2 rings (SSSR count). The van der Waals surface area contributed by atoms with Gasteiger partial charge in [-0.3, -0.25) is 0 Å². The van der Waals surface area contributed by atoms with Crippen molar-refractivity contribution in [3.8, 4) is 0 Å². The van der Waals surface area contributed by atoms with Crippen LogP contribution in [0.1, 0.15) is 18.4 Å². The van der Waals surface area contributed by atoms with Crippen LogP contribution in [-0.2, 0) is 16.6 Å². The van der Waals surface area contributed by atoms with E-state index in [2.05, 4.69) is 15.9 Å². The third kappa shape index (κ3) is 3.29. The Labute approximate surface area is 109 Å². The Hall–Kier alpha value is 0.0900. The summed E-state index contributed by atoms with van der Waals surface area (Å²) in [5.41, 5.74) is 1.04. The highest BCUT2D eigenvalue weighted by Gasteiger charge is 2.30. The van der Waals surface area contributed by atoms with Gasteiger partial charge in [0.05, 0.1) is 9.54 Å². The first kappa shape index (κ1) is 12.5. The van der Waals surface area contributed by atoms with E-state index in [0.29, 0.717) is 18.2 Å². The number of sulfonamides is 1. The summed E-state index contributed by atoms with van der Waals surface area (Å²) in [6.45, 7) is 0.469. The van der Waals surface area contributed by atoms with E-state index in [1.54, 1.807) is 18.4 Å². The molecule has 0 aromatic carbocycles. The molecule has 1 aliphatic rings. The van der Waals surface area contributed by atoms with Crippen molar-refractivity contribution in [2.75, 3.05) is 12.8 Å². The minimum Gasteiger partial charge on any atom is -0.212 e. The zero-order chi connectivity index (χ0) is 11.8. The third-order valence-electron chi connectivity index (χ3n) is 2.65. The summed E-state index contributed by atoms with van der Waals surface area (Å²) in [6.07, 6.45) is 2.13. The molecule has 0 saturated heterocycles. The topological polar surface area (TPSA) is 37.4 Å². The second-order valence-corrected chi connectivity index (χ2v) is 8.65. The fourth-order valence-corrected chi connectivity index (χ4v) is 4.22. The van der Waals surface area contributed by atoms with Gasteiger partial charge in [-0.15, -0.1) is 11.3 Å². The molecule has 1 aromatic rings. The van der Waals surface area contributed by atoms with Crippen LogP contribution in [0.2, 0.25) is 0 Å². The van der Waals surface area contributed by atoms with Crippen LogP contribution >= 0.6 is 27.3 Å². The van der Waals surface area contributed by atoms with Crippen molar-refractivity contribution in [3.05, 3.63) is 20.8 Å². The van der Waals surface area contributed by atoms with Crippen molar-refractivity contribution in [2.45, 2.75) is 19.4 Å². The van der Waals surface area contributed by atoms with E-state index in [-0.39, 0.29) is 0 Å². The van der Waals surface area contributed by atoms with E-state index >= 15 is 0 Å². The number of halogens is 1. The molecule has 1 fully saturated rings. The first-order valence-electron chi connectivity index (χ1n) is 5.14. The number of thiophene rings is 1. The van der Waals surface area contributed by atoms with Gasteiger partial charge in [0.15, 0.2) is 0 Å². The zero-order valence-corrected chi connectivity index (χ0v) is 12.2. The summed E-state index contributed by atoms with van der Waals surface area (Å²) >= 11 is 4.95. The Morgan fingerprint density at radius 2 is 2.25 bits per heavy atom. The average Bonchev–Trinajstić information content (AvgIpc) is 2.88. The standard InChI is InChI=1S/C10H14BrNO2S2/c1-12(5-9-4-10(11)15-6-9)16(13,14)7-8-2-3-8/h4,6,8H,2-3,5,7H2,1H3. The normalized spacial score (nSPS) is 16.9. The van der Waals surface area contributed by atoms with Crippen LogP contribution in [0.4, 0.5) is 0 Å². The molecule has 0 N–H and O–H groups in total. The predicted octanol–water partition coefficient (Wildman–Crippen LogP) is 2.68. The number of hydrogen-bond acceptors (Lipinski definition) is 3. The zero-order valence-electron chi connectivity index (χ0n) is 9.02. The molecule has 16 heavy (non-hydrogen) atoms. The summed E-state index contributed by atoms with van der Waals surface area (Å²) < 4.78 is 26.3. The lowest BCUT2D eigenvalue weighted by atomic mass is 10.3. The molecular formula is C10H14BrNO2S2. The number of nitrogens with zero attached hydrogens (tertiary/aromatic N) is 1. The summed E-state index contributed by atoms with van der Waals surface area (Å²) in [5, 5.41) is 1.98. The molecule has 0 radical (unpaired) electrons. The average molecular weight is 324 g/mol. The van der Waals surface area contributed by atoms with Crippen molar-refractivity contribution in [1.82, 2.24) is 4.31 Å². The molecule has 0 amide bonds. The van der Waals surface area contributed by atoms with Gasteiger partial charge in [0.2, 0.25) is 10.0 Å². The lowest BCUT2D eigenvalue weighted by Gasteiger charge is -2.16. The summed E-state index contributed by atoms with van der Waals surface area (Å²) in [4.78, 5) is 0. The minimum absolute atomic E-state index is 0.314. The molecule has 6 heteroatoms. The quantitative estimate of drug-likeness (QED) is 0.835. The molecule has 0 aliphatic heterocycles. The van der Waals surface area contributed by atoms with Crippen molar-refractivity contribution in [1.29, 1.82) is 0 Å². The van der Waals surface area contributed by atoms with Crippen LogP contribution in [0.25, 0.3) is 0 Å². The Kier molecular flexibility index (Phi) is 3.73. The molecule has 0 spiro atoms. The van der Waals surface area contributed by atoms with Crippen LogP contribution in [0.15, 0.2) is 15.2 Å². The van der Waals surface area contributed by atoms with Crippen LogP contribution < -0.4 is 0 Å². The van der Waals surface area contributed by atoms with Crippen molar-refractivity contribution in [2.24, 2.45) is 5.92 Å². The van der Waals surface area contributed by atoms with Gasteiger partial charge in [-0.2, -0.15) is 0 Å². The van der Waals surface area contributed by atoms with Gasteiger partial charge in [0.25, 0.3) is 0 Å². The second kappa shape index (κ2) is 4.76. The molecule has 1 aliphatic carbocycles. The minimum atomic E-state index is -3.06. The fraction of sp³-hybridized carbons (Fsp3) is 0.600. The summed E-state index contributed by atoms with van der Waals surface area (Å²) in [6, 6.07) is 1.97. The van der Waals surface area contributed by atoms with E-state index in [4.69, 9.17) is 0 Å². The van der Waals surface area contributed by atoms with Gasteiger partial charge in [0.1, 0.15) is 0 Å². The Balaban J connectivity index is 1.98. The third-order valence-corrected chi connectivity index (χ3v) is 6.17. The van der Waals surface area contributed by atoms with Crippen molar-refractivity contribution < 1.29 is 8.42 Å². The molecule has 1 heterocycles. The summed E-state index contributed by atoms with van der Waals surface area (Å²) in [7, 11) is -1.41. The van der Waals surface area contributed by atoms with E-state index in [1.807, 2.05) is 11.4 Å². The predicted molar refractivity (Wildman–Crippen MR) is 70.0 cm³/mol. The molecule has 0 atom stereocenters. The molecular weight excluding hydrogens is 310 g/mol. The molecule has 0 bridgehead atoms. The first-order chi connectivity index (χ1) is 7.47. The van der Waals surface area contributed by atoms with Crippen LogP contribution in [-0.4, -0.2) is 25.5 Å². The maximum atomic E-state index is 11.9. The Morgan fingerprint density at radius 1 is 1.56 bits per heavy atom. The smallest absolute Gasteiger partial charge is 0.212 e. The SMILES string of the molecule is CN(Cc1csc(Br)c1)S(=O)(=O)CC1CC1. The van der Waals surface area contributed by atoms with Crippen LogP contribution in [0, 0.1) is 5.92 Å². The maximum absolute atomic E-state index is 11.9. The molecule has 1 aromatic heterocycles. The van der Waals surface area contributed by atoms with Gasteiger partial charge in [-0.05, 0) is 51.7 Å². The highest BCUT2D eigenvalue weighted by molar-refractivity contribution is 9.11. The van der Waals surface area contributed by atoms with E-state index in [9.17, 15) is 8.42 Å². The van der Waals surface area contributed by atoms with Crippen molar-refractivity contribution in [3.63, 3.8) is 0 Å². The lowest BCUT2D eigenvalue weighted by molar-refractivity contribution is 0.465. The highest BCUT2D eigenvalue weighted by atomic mass is 79.9. The number of hydrogen-bond donors (Lipinski definition) is 0. The molecule has 90 valence electrons.